The van der Waals surface area contributed by atoms with Crippen molar-refractivity contribution in [3.05, 3.63) is 115 Å². The van der Waals surface area contributed by atoms with Gasteiger partial charge in [0, 0.05) is 70.4 Å². The third-order valence-corrected chi connectivity index (χ3v) is 7.05. The van der Waals surface area contributed by atoms with E-state index in [1.807, 2.05) is 43.7 Å². The molecule has 1 fully saturated rings. The number of hydrogen-bond acceptors (Lipinski definition) is 5. The van der Waals surface area contributed by atoms with Gasteiger partial charge in [-0.1, -0.05) is 25.7 Å². The van der Waals surface area contributed by atoms with Crippen LogP contribution in [0.2, 0.25) is 0 Å². The fourth-order valence-corrected chi connectivity index (χ4v) is 4.68. The summed E-state index contributed by atoms with van der Waals surface area (Å²) in [6.07, 6.45) is 19.4. The molecule has 0 radical (unpaired) electrons. The number of nitrogens with one attached hydrogen (secondary N) is 2. The van der Waals surface area contributed by atoms with Gasteiger partial charge in [-0.3, -0.25) is 9.97 Å². The number of rotatable bonds is 9. The Hall–Kier alpha value is -4.45. The van der Waals surface area contributed by atoms with E-state index >= 15 is 0 Å². The Bertz CT molecular complexity index is 1510. The molecule has 0 aliphatic heterocycles. The number of nitrogens with two attached hydrogens (primary N) is 1. The van der Waals surface area contributed by atoms with Crippen molar-refractivity contribution in [2.75, 3.05) is 5.73 Å². The van der Waals surface area contributed by atoms with E-state index < -0.39 is 0 Å². The number of aromatic amines is 1. The third-order valence-electron chi connectivity index (χ3n) is 7.05. The fourth-order valence-electron chi connectivity index (χ4n) is 4.68. The Morgan fingerprint density at radius 1 is 1.16 bits per heavy atom. The van der Waals surface area contributed by atoms with Crippen LogP contribution in [0.5, 0.6) is 0 Å². The number of pyridine rings is 3. The lowest BCUT2D eigenvalue weighted by atomic mass is 9.83. The molecule has 0 atom stereocenters. The van der Waals surface area contributed by atoms with Crippen LogP contribution in [0.4, 0.5) is 5.82 Å². The molecule has 4 heterocycles. The molecule has 0 bridgehead atoms. The summed E-state index contributed by atoms with van der Waals surface area (Å²) in [5.74, 6) is 1.07. The maximum Gasteiger partial charge on any atom is 0.126 e. The molecular weight excluding hydrogens is 456 g/mol. The van der Waals surface area contributed by atoms with Crippen molar-refractivity contribution in [3.63, 3.8) is 0 Å². The second kappa shape index (κ2) is 10.7. The predicted octanol–water partition coefficient (Wildman–Crippen LogP) is 6.57. The second-order valence-corrected chi connectivity index (χ2v) is 9.45. The first kappa shape index (κ1) is 24.3. The van der Waals surface area contributed by atoms with Gasteiger partial charge in [-0.2, -0.15) is 0 Å². The van der Waals surface area contributed by atoms with E-state index in [2.05, 4.69) is 62.7 Å². The van der Waals surface area contributed by atoms with Gasteiger partial charge in [-0.25, -0.2) is 4.98 Å². The summed E-state index contributed by atoms with van der Waals surface area (Å²) in [4.78, 5) is 16.6. The van der Waals surface area contributed by atoms with E-state index in [1.54, 1.807) is 12.4 Å². The molecule has 5 rings (SSSR count). The molecule has 6 heteroatoms. The molecule has 1 aliphatic carbocycles. The van der Waals surface area contributed by atoms with Crippen LogP contribution >= 0.6 is 0 Å². The monoisotopic (exact) mass is 488 g/mol. The van der Waals surface area contributed by atoms with Crippen LogP contribution in [0.3, 0.4) is 0 Å². The Morgan fingerprint density at radius 3 is 2.68 bits per heavy atom. The minimum absolute atomic E-state index is 0.523. The number of nitrogen functional groups attached to an aromatic ring is 1. The van der Waals surface area contributed by atoms with Gasteiger partial charge in [-0.05, 0) is 73.2 Å². The lowest BCUT2D eigenvalue weighted by molar-refractivity contribution is 0.356. The Labute approximate surface area is 217 Å². The fraction of sp³-hybridized carbons (Fsp3) is 0.194. The number of hydrogen-bond donors (Lipinski definition) is 3. The van der Waals surface area contributed by atoms with Gasteiger partial charge < -0.3 is 16.0 Å². The molecule has 37 heavy (non-hydrogen) atoms. The average molecular weight is 489 g/mol. The van der Waals surface area contributed by atoms with E-state index in [9.17, 15) is 0 Å². The van der Waals surface area contributed by atoms with Gasteiger partial charge in [-0.15, -0.1) is 0 Å². The van der Waals surface area contributed by atoms with Gasteiger partial charge in [0.05, 0.1) is 11.7 Å². The first-order valence-electron chi connectivity index (χ1n) is 12.6. The second-order valence-electron chi connectivity index (χ2n) is 9.45. The van der Waals surface area contributed by atoms with Crippen LogP contribution in [0.1, 0.15) is 43.0 Å². The quantitative estimate of drug-likeness (QED) is 0.232. The highest BCUT2D eigenvalue weighted by molar-refractivity contribution is 5.94. The molecule has 186 valence electrons. The van der Waals surface area contributed by atoms with E-state index in [-0.39, 0.29) is 0 Å². The lowest BCUT2D eigenvalue weighted by Crippen LogP contribution is -2.23. The summed E-state index contributed by atoms with van der Waals surface area (Å²) in [5, 5.41) is 4.57. The number of fused-ring (bicyclic) bond motifs is 1. The average Bonchev–Trinajstić information content (AvgIpc) is 3.30. The predicted molar refractivity (Wildman–Crippen MR) is 152 cm³/mol. The number of nitrogens with zero attached hydrogens (tertiary/aromatic N) is 3. The van der Waals surface area contributed by atoms with Crippen LogP contribution in [-0.2, 0) is 6.42 Å². The van der Waals surface area contributed by atoms with Crippen molar-refractivity contribution in [2.24, 2.45) is 5.92 Å². The van der Waals surface area contributed by atoms with Gasteiger partial charge in [0.1, 0.15) is 5.82 Å². The van der Waals surface area contributed by atoms with Crippen molar-refractivity contribution in [2.45, 2.75) is 32.6 Å². The van der Waals surface area contributed by atoms with Gasteiger partial charge in [0.15, 0.2) is 0 Å². The maximum absolute atomic E-state index is 6.32. The Morgan fingerprint density at radius 2 is 1.97 bits per heavy atom. The zero-order chi connectivity index (χ0) is 25.8. The summed E-state index contributed by atoms with van der Waals surface area (Å²) in [7, 11) is 0. The number of H-pyrrole nitrogens is 1. The SMILES string of the molecule is C=C/C(=C\C(=C/C)c1cnc(N)c(Cc2cc3c(-c4ccncc4)cncc3[nH]2)c1)NC(=C)C1CCC1. The van der Waals surface area contributed by atoms with E-state index in [4.69, 9.17) is 5.73 Å². The van der Waals surface area contributed by atoms with Crippen molar-refractivity contribution in [1.82, 2.24) is 25.3 Å². The van der Waals surface area contributed by atoms with Crippen molar-refractivity contribution >= 4 is 22.3 Å². The van der Waals surface area contributed by atoms with Crippen molar-refractivity contribution in [3.8, 4) is 11.1 Å². The van der Waals surface area contributed by atoms with Crippen molar-refractivity contribution < 1.29 is 0 Å². The van der Waals surface area contributed by atoms with Gasteiger partial charge in [0.25, 0.3) is 0 Å². The lowest BCUT2D eigenvalue weighted by Gasteiger charge is -2.28. The molecule has 1 saturated carbocycles. The van der Waals surface area contributed by atoms with Crippen LogP contribution in [0.25, 0.3) is 27.6 Å². The third kappa shape index (κ3) is 5.23. The van der Waals surface area contributed by atoms with Gasteiger partial charge in [0.2, 0.25) is 0 Å². The zero-order valence-electron chi connectivity index (χ0n) is 21.2. The molecule has 0 unspecified atom stereocenters. The molecule has 0 amide bonds. The number of aromatic nitrogens is 4. The molecule has 0 aromatic carbocycles. The molecule has 0 spiro atoms. The smallest absolute Gasteiger partial charge is 0.126 e. The largest absolute Gasteiger partial charge is 0.383 e. The first-order chi connectivity index (χ1) is 18.1. The molecular formula is C31H32N6. The molecule has 4 N–H and O–H groups in total. The molecule has 4 aromatic rings. The molecule has 0 saturated heterocycles. The van der Waals surface area contributed by atoms with Crippen LogP contribution in [0.15, 0.2) is 98.0 Å². The summed E-state index contributed by atoms with van der Waals surface area (Å²) in [6.45, 7) is 10.2. The number of allylic oxidation sites excluding steroid dienone is 5. The minimum Gasteiger partial charge on any atom is -0.383 e. The summed E-state index contributed by atoms with van der Waals surface area (Å²) in [6, 6.07) is 8.27. The Balaban J connectivity index is 1.41. The van der Waals surface area contributed by atoms with Crippen molar-refractivity contribution in [1.29, 1.82) is 0 Å². The van der Waals surface area contributed by atoms with Gasteiger partial charge >= 0.3 is 0 Å². The number of anilines is 1. The molecule has 1 aliphatic rings. The van der Waals surface area contributed by atoms with E-state index in [0.29, 0.717) is 18.2 Å². The van der Waals surface area contributed by atoms with E-state index in [0.717, 1.165) is 55.8 Å². The molecule has 4 aromatic heterocycles. The minimum atomic E-state index is 0.523. The maximum atomic E-state index is 6.32. The zero-order valence-corrected chi connectivity index (χ0v) is 21.2. The summed E-state index contributed by atoms with van der Waals surface area (Å²) in [5.41, 5.74) is 15.5. The summed E-state index contributed by atoms with van der Waals surface area (Å²) >= 11 is 0. The van der Waals surface area contributed by atoms with Crippen LogP contribution in [0, 0.1) is 5.92 Å². The Kier molecular flexibility index (Phi) is 6.99. The van der Waals surface area contributed by atoms with Crippen LogP contribution in [-0.4, -0.2) is 19.9 Å². The first-order valence-corrected chi connectivity index (χ1v) is 12.6. The highest BCUT2D eigenvalue weighted by Crippen LogP contribution is 2.32. The normalized spacial score (nSPS) is 14.4. The highest BCUT2D eigenvalue weighted by atomic mass is 14.9. The highest BCUT2D eigenvalue weighted by Gasteiger charge is 2.20. The van der Waals surface area contributed by atoms with Crippen LogP contribution < -0.4 is 11.1 Å². The topological polar surface area (TPSA) is 92.5 Å². The molecule has 6 nitrogen and oxygen atoms in total. The van der Waals surface area contributed by atoms with E-state index in [1.165, 1.54) is 19.3 Å². The summed E-state index contributed by atoms with van der Waals surface area (Å²) < 4.78 is 0. The standard InChI is InChI=1S/C31H32N6/c1-4-21(14-26(5-2)36-20(3)22-7-6-8-22)25-13-24(31(32)35-17-25)15-27-16-28-29(18-34-19-30(28)37-27)23-9-11-33-12-10-23/h4-5,9-14,16-19,22,36-37H,2-3,6-8,15H2,1H3,(H2,32,35)/b21-4+,26-14+.